The zero-order chi connectivity index (χ0) is 11.8. The van der Waals surface area contributed by atoms with Crippen LogP contribution in [0.5, 0.6) is 0 Å². The van der Waals surface area contributed by atoms with E-state index in [0.717, 1.165) is 6.42 Å². The predicted molar refractivity (Wildman–Crippen MR) is 61.0 cm³/mol. The molecule has 0 fully saturated rings. The lowest BCUT2D eigenvalue weighted by Gasteiger charge is -2.32. The SMILES string of the molecule is COP(=O)(OC)C1=C[C@@H](C)[C@@H]2CC=C[C@@H]2O1. The van der Waals surface area contributed by atoms with E-state index in [-0.39, 0.29) is 6.10 Å². The fourth-order valence-corrected chi connectivity index (χ4v) is 3.40. The minimum absolute atomic E-state index is 0.00799. The molecule has 0 aromatic rings. The minimum Gasteiger partial charge on any atom is -0.478 e. The Kier molecular flexibility index (Phi) is 3.24. The third kappa shape index (κ3) is 1.86. The summed E-state index contributed by atoms with van der Waals surface area (Å²) in [5.74, 6) is 0.772. The van der Waals surface area contributed by atoms with Crippen LogP contribution in [-0.2, 0) is 18.3 Å². The number of hydrogen-bond acceptors (Lipinski definition) is 4. The molecule has 0 aromatic heterocycles. The molecule has 0 bridgehead atoms. The molecule has 3 atom stereocenters. The third-order valence-electron chi connectivity index (χ3n) is 3.24. The summed E-state index contributed by atoms with van der Waals surface area (Å²) in [5.41, 5.74) is 0.345. The quantitative estimate of drug-likeness (QED) is 0.565. The van der Waals surface area contributed by atoms with E-state index in [4.69, 9.17) is 13.8 Å². The second kappa shape index (κ2) is 4.36. The lowest BCUT2D eigenvalue weighted by Crippen LogP contribution is -2.28. The molecule has 1 aliphatic carbocycles. The van der Waals surface area contributed by atoms with Crippen LogP contribution >= 0.6 is 7.60 Å². The van der Waals surface area contributed by atoms with E-state index in [2.05, 4.69) is 13.0 Å². The monoisotopic (exact) mass is 244 g/mol. The van der Waals surface area contributed by atoms with Crippen LogP contribution in [0.25, 0.3) is 0 Å². The Labute approximate surface area is 95.8 Å². The van der Waals surface area contributed by atoms with Crippen LogP contribution in [0.1, 0.15) is 13.3 Å². The Bertz CT molecular complexity index is 366. The van der Waals surface area contributed by atoms with Crippen molar-refractivity contribution in [2.24, 2.45) is 11.8 Å². The average Bonchev–Trinajstić information content (AvgIpc) is 2.76. The van der Waals surface area contributed by atoms with E-state index in [0.29, 0.717) is 17.3 Å². The predicted octanol–water partition coefficient (Wildman–Crippen LogP) is 2.92. The van der Waals surface area contributed by atoms with Crippen LogP contribution in [0.2, 0.25) is 0 Å². The fraction of sp³-hybridized carbons (Fsp3) is 0.636. The largest absolute Gasteiger partial charge is 0.478 e. The first-order chi connectivity index (χ1) is 7.60. The molecular weight excluding hydrogens is 227 g/mol. The lowest BCUT2D eigenvalue weighted by atomic mass is 9.89. The number of fused-ring (bicyclic) bond motifs is 1. The first-order valence-electron chi connectivity index (χ1n) is 5.38. The molecule has 16 heavy (non-hydrogen) atoms. The van der Waals surface area contributed by atoms with Gasteiger partial charge in [0.1, 0.15) is 6.10 Å². The highest BCUT2D eigenvalue weighted by Gasteiger charge is 2.40. The maximum atomic E-state index is 12.2. The highest BCUT2D eigenvalue weighted by atomic mass is 31.2. The van der Waals surface area contributed by atoms with E-state index >= 15 is 0 Å². The summed E-state index contributed by atoms with van der Waals surface area (Å²) in [5, 5.41) is 0. The van der Waals surface area contributed by atoms with Gasteiger partial charge in [0, 0.05) is 20.1 Å². The highest BCUT2D eigenvalue weighted by molar-refractivity contribution is 7.58. The molecule has 0 radical (unpaired) electrons. The molecule has 0 aromatic carbocycles. The summed E-state index contributed by atoms with van der Waals surface area (Å²) in [4.78, 5) is 0. The molecule has 0 saturated carbocycles. The van der Waals surface area contributed by atoms with Crippen LogP contribution in [0.3, 0.4) is 0 Å². The van der Waals surface area contributed by atoms with Gasteiger partial charge in [-0.05, 0) is 24.5 Å². The molecule has 90 valence electrons. The van der Waals surface area contributed by atoms with E-state index in [1.165, 1.54) is 14.2 Å². The van der Waals surface area contributed by atoms with Crippen molar-refractivity contribution in [3.05, 3.63) is 23.7 Å². The van der Waals surface area contributed by atoms with Gasteiger partial charge in [-0.3, -0.25) is 4.57 Å². The van der Waals surface area contributed by atoms with Crippen molar-refractivity contribution in [1.29, 1.82) is 0 Å². The summed E-state index contributed by atoms with van der Waals surface area (Å²) in [6.07, 6.45) is 7.01. The van der Waals surface area contributed by atoms with Crippen molar-refractivity contribution < 1.29 is 18.3 Å². The van der Waals surface area contributed by atoms with Gasteiger partial charge in [-0.2, -0.15) is 0 Å². The van der Waals surface area contributed by atoms with Gasteiger partial charge in [-0.25, -0.2) is 0 Å². The van der Waals surface area contributed by atoms with Crippen molar-refractivity contribution in [3.8, 4) is 0 Å². The van der Waals surface area contributed by atoms with Crippen molar-refractivity contribution in [2.45, 2.75) is 19.4 Å². The molecule has 2 aliphatic rings. The summed E-state index contributed by atoms with van der Waals surface area (Å²) < 4.78 is 27.7. The Morgan fingerprint density at radius 1 is 1.44 bits per heavy atom. The van der Waals surface area contributed by atoms with Gasteiger partial charge in [-0.15, -0.1) is 0 Å². The standard InChI is InChI=1S/C11H17O4P/c1-8-7-11(16(12,13-2)14-3)15-10-6-4-5-9(8)10/h4,6-10H,5H2,1-3H3/t8-,9+,10+/m1/s1. The van der Waals surface area contributed by atoms with Crippen molar-refractivity contribution in [2.75, 3.05) is 14.2 Å². The van der Waals surface area contributed by atoms with Gasteiger partial charge in [0.2, 0.25) is 5.50 Å². The fourth-order valence-electron chi connectivity index (χ4n) is 2.22. The van der Waals surface area contributed by atoms with E-state index in [9.17, 15) is 4.57 Å². The molecule has 0 N–H and O–H groups in total. The second-order valence-corrected chi connectivity index (χ2v) is 6.30. The maximum Gasteiger partial charge on any atom is 0.394 e. The van der Waals surface area contributed by atoms with Crippen LogP contribution in [0.15, 0.2) is 23.7 Å². The summed E-state index contributed by atoms with van der Waals surface area (Å²) in [6, 6.07) is 0. The number of rotatable bonds is 3. The number of ether oxygens (including phenoxy) is 1. The smallest absolute Gasteiger partial charge is 0.394 e. The zero-order valence-corrected chi connectivity index (χ0v) is 10.6. The zero-order valence-electron chi connectivity index (χ0n) is 9.75. The van der Waals surface area contributed by atoms with Crippen molar-refractivity contribution >= 4 is 7.60 Å². The average molecular weight is 244 g/mol. The van der Waals surface area contributed by atoms with Crippen molar-refractivity contribution in [1.82, 2.24) is 0 Å². The van der Waals surface area contributed by atoms with Gasteiger partial charge >= 0.3 is 7.60 Å². The van der Waals surface area contributed by atoms with E-state index in [1.807, 2.05) is 12.2 Å². The highest BCUT2D eigenvalue weighted by Crippen LogP contribution is 2.58. The molecule has 2 rings (SSSR count). The van der Waals surface area contributed by atoms with Gasteiger partial charge in [0.15, 0.2) is 0 Å². The maximum absolute atomic E-state index is 12.2. The first kappa shape index (κ1) is 11.9. The van der Waals surface area contributed by atoms with E-state index in [1.54, 1.807) is 0 Å². The van der Waals surface area contributed by atoms with Gasteiger partial charge in [0.25, 0.3) is 0 Å². The minimum atomic E-state index is -3.24. The molecular formula is C11H17O4P. The summed E-state index contributed by atoms with van der Waals surface area (Å²) >= 11 is 0. The topological polar surface area (TPSA) is 44.8 Å². The molecule has 0 spiro atoms. The van der Waals surface area contributed by atoms with E-state index < -0.39 is 7.60 Å². The molecule has 1 heterocycles. The first-order valence-corrected chi connectivity index (χ1v) is 6.92. The normalized spacial score (nSPS) is 33.2. The molecule has 1 aliphatic heterocycles. The van der Waals surface area contributed by atoms with Crippen LogP contribution in [-0.4, -0.2) is 20.3 Å². The van der Waals surface area contributed by atoms with Gasteiger partial charge in [-0.1, -0.05) is 13.0 Å². The van der Waals surface area contributed by atoms with Gasteiger partial charge < -0.3 is 13.8 Å². The lowest BCUT2D eigenvalue weighted by molar-refractivity contribution is 0.0784. The Morgan fingerprint density at radius 3 is 2.75 bits per heavy atom. The number of allylic oxidation sites excluding steroid dienone is 2. The van der Waals surface area contributed by atoms with Crippen molar-refractivity contribution in [3.63, 3.8) is 0 Å². The Hall–Kier alpha value is -0.570. The molecule has 0 amide bonds. The van der Waals surface area contributed by atoms with Crippen LogP contribution < -0.4 is 0 Å². The molecule has 5 heteroatoms. The summed E-state index contributed by atoms with van der Waals surface area (Å²) in [6.45, 7) is 2.10. The Morgan fingerprint density at radius 2 is 2.12 bits per heavy atom. The molecule has 0 saturated heterocycles. The van der Waals surface area contributed by atoms with Crippen LogP contribution in [0, 0.1) is 11.8 Å². The Balaban J connectivity index is 2.26. The molecule has 4 nitrogen and oxygen atoms in total. The van der Waals surface area contributed by atoms with Crippen LogP contribution in [0.4, 0.5) is 0 Å². The number of hydrogen-bond donors (Lipinski definition) is 0. The third-order valence-corrected chi connectivity index (χ3v) is 5.00. The van der Waals surface area contributed by atoms with Gasteiger partial charge in [0.05, 0.1) is 0 Å². The second-order valence-electron chi connectivity index (χ2n) is 4.14. The summed E-state index contributed by atoms with van der Waals surface area (Å²) in [7, 11) is -0.497. The molecule has 0 unspecified atom stereocenters.